The molecule has 0 aliphatic carbocycles. The lowest BCUT2D eigenvalue weighted by molar-refractivity contribution is 0.196. The largest absolute Gasteiger partial charge is 0.357 e. The first-order valence-electron chi connectivity index (χ1n) is 10.3. The van der Waals surface area contributed by atoms with Gasteiger partial charge in [0, 0.05) is 57.4 Å². The Bertz CT molecular complexity index is 738. The highest BCUT2D eigenvalue weighted by molar-refractivity contribution is 5.80. The number of rotatable bonds is 7. The summed E-state index contributed by atoms with van der Waals surface area (Å²) in [5.41, 5.74) is 3.70. The Morgan fingerprint density at radius 2 is 2.07 bits per heavy atom. The Hall–Kier alpha value is -2.47. The van der Waals surface area contributed by atoms with E-state index in [2.05, 4.69) is 57.5 Å². The molecule has 6 nitrogen and oxygen atoms in total. The zero-order valence-electron chi connectivity index (χ0n) is 17.1. The number of piperidine rings is 1. The summed E-state index contributed by atoms with van der Waals surface area (Å²) in [5, 5.41) is 7.01. The molecule has 2 aromatic heterocycles. The molecular formula is C22H32N6. The summed E-state index contributed by atoms with van der Waals surface area (Å²) in [4.78, 5) is 15.9. The van der Waals surface area contributed by atoms with E-state index < -0.39 is 0 Å². The summed E-state index contributed by atoms with van der Waals surface area (Å²) in [5.74, 6) is 0.928. The third kappa shape index (κ3) is 6.30. The molecule has 0 spiro atoms. The molecule has 6 heteroatoms. The highest BCUT2D eigenvalue weighted by Crippen LogP contribution is 2.13. The van der Waals surface area contributed by atoms with Crippen LogP contribution in [0.3, 0.4) is 0 Å². The summed E-state index contributed by atoms with van der Waals surface area (Å²) in [6.45, 7) is 8.98. The summed E-state index contributed by atoms with van der Waals surface area (Å²) >= 11 is 0. The van der Waals surface area contributed by atoms with E-state index in [1.807, 2.05) is 24.7 Å². The quantitative estimate of drug-likeness (QED) is 0.571. The van der Waals surface area contributed by atoms with Gasteiger partial charge in [-0.3, -0.25) is 19.9 Å². The Morgan fingerprint density at radius 1 is 1.21 bits per heavy atom. The molecule has 3 rings (SSSR count). The smallest absolute Gasteiger partial charge is 0.191 e. The van der Waals surface area contributed by atoms with Crippen LogP contribution in [0.5, 0.6) is 0 Å². The van der Waals surface area contributed by atoms with E-state index in [9.17, 15) is 0 Å². The molecule has 2 aromatic rings. The third-order valence-corrected chi connectivity index (χ3v) is 5.17. The minimum absolute atomic E-state index is 0.473. The van der Waals surface area contributed by atoms with Gasteiger partial charge in [-0.2, -0.15) is 0 Å². The van der Waals surface area contributed by atoms with E-state index in [-0.39, 0.29) is 0 Å². The Balaban J connectivity index is 1.46. The van der Waals surface area contributed by atoms with Crippen LogP contribution in [0.2, 0.25) is 0 Å². The average Bonchev–Trinajstić information content (AvgIpc) is 2.72. The van der Waals surface area contributed by atoms with Crippen LogP contribution in [0.15, 0.2) is 47.8 Å². The summed E-state index contributed by atoms with van der Waals surface area (Å²) in [6.07, 6.45) is 8.83. The fourth-order valence-corrected chi connectivity index (χ4v) is 3.54. The van der Waals surface area contributed by atoms with Crippen molar-refractivity contribution in [3.05, 3.63) is 59.7 Å². The van der Waals surface area contributed by atoms with Crippen LogP contribution < -0.4 is 10.6 Å². The minimum atomic E-state index is 0.473. The number of aromatic nitrogens is 2. The molecule has 0 bridgehead atoms. The predicted octanol–water partition coefficient (Wildman–Crippen LogP) is 2.55. The van der Waals surface area contributed by atoms with Crippen LogP contribution in [-0.4, -0.2) is 53.0 Å². The zero-order chi connectivity index (χ0) is 19.6. The average molecular weight is 381 g/mol. The molecule has 1 fully saturated rings. The van der Waals surface area contributed by atoms with Crippen LogP contribution in [0.25, 0.3) is 0 Å². The van der Waals surface area contributed by atoms with Gasteiger partial charge in [-0.25, -0.2) is 0 Å². The topological polar surface area (TPSA) is 65.4 Å². The second-order valence-corrected chi connectivity index (χ2v) is 7.33. The summed E-state index contributed by atoms with van der Waals surface area (Å²) in [6, 6.07) is 8.69. The van der Waals surface area contributed by atoms with Gasteiger partial charge in [0.05, 0.1) is 5.69 Å². The van der Waals surface area contributed by atoms with Gasteiger partial charge in [0.1, 0.15) is 0 Å². The van der Waals surface area contributed by atoms with Crippen LogP contribution in [0.1, 0.15) is 36.6 Å². The van der Waals surface area contributed by atoms with Crippen molar-refractivity contribution in [2.24, 2.45) is 4.99 Å². The van der Waals surface area contributed by atoms with Gasteiger partial charge in [-0.05, 0) is 62.4 Å². The highest BCUT2D eigenvalue weighted by Gasteiger charge is 2.20. The molecule has 1 saturated heterocycles. The molecule has 1 aliphatic heterocycles. The predicted molar refractivity (Wildman–Crippen MR) is 114 cm³/mol. The molecule has 150 valence electrons. The number of likely N-dealkylation sites (tertiary alicyclic amines) is 1. The van der Waals surface area contributed by atoms with E-state index >= 15 is 0 Å². The summed E-state index contributed by atoms with van der Waals surface area (Å²) < 4.78 is 0. The number of aliphatic imine (C=N–C) groups is 1. The van der Waals surface area contributed by atoms with Crippen molar-refractivity contribution in [1.82, 2.24) is 25.5 Å². The maximum absolute atomic E-state index is 4.78. The lowest BCUT2D eigenvalue weighted by Gasteiger charge is -2.32. The van der Waals surface area contributed by atoms with E-state index in [4.69, 9.17) is 4.99 Å². The molecule has 0 unspecified atom stereocenters. The monoisotopic (exact) mass is 380 g/mol. The molecule has 3 heterocycles. The molecule has 0 atom stereocenters. The van der Waals surface area contributed by atoms with Crippen molar-refractivity contribution < 1.29 is 0 Å². The van der Waals surface area contributed by atoms with Crippen molar-refractivity contribution in [2.75, 3.05) is 26.2 Å². The van der Waals surface area contributed by atoms with Crippen molar-refractivity contribution in [1.29, 1.82) is 0 Å². The molecule has 2 N–H and O–H groups in total. The number of nitrogens with one attached hydrogen (secondary N) is 2. The second kappa shape index (κ2) is 10.8. The van der Waals surface area contributed by atoms with Crippen LogP contribution in [0, 0.1) is 6.92 Å². The van der Waals surface area contributed by atoms with Crippen LogP contribution >= 0.6 is 0 Å². The standard InChI is InChI=1S/C22H32N6/c1-3-24-22(26-13-8-19-7-12-23-16-18(19)2)27-20-9-14-28(15-10-20)17-21-6-4-5-11-25-21/h4-7,11-12,16,20H,3,8-10,13-15,17H2,1-2H3,(H2,24,26,27). The van der Waals surface area contributed by atoms with Crippen molar-refractivity contribution in [3.8, 4) is 0 Å². The van der Waals surface area contributed by atoms with Crippen molar-refractivity contribution in [2.45, 2.75) is 45.7 Å². The van der Waals surface area contributed by atoms with Gasteiger partial charge in [-0.15, -0.1) is 0 Å². The molecule has 0 radical (unpaired) electrons. The van der Waals surface area contributed by atoms with Gasteiger partial charge in [-0.1, -0.05) is 6.07 Å². The number of nitrogens with zero attached hydrogens (tertiary/aromatic N) is 4. The fraction of sp³-hybridized carbons (Fsp3) is 0.500. The molecule has 0 saturated carbocycles. The Labute approximate surface area is 168 Å². The van der Waals surface area contributed by atoms with Crippen LogP contribution in [0.4, 0.5) is 0 Å². The highest BCUT2D eigenvalue weighted by atomic mass is 15.2. The SMILES string of the molecule is CCNC(=NCCc1ccncc1C)NC1CCN(Cc2ccccn2)CC1. The van der Waals surface area contributed by atoms with Crippen LogP contribution in [-0.2, 0) is 13.0 Å². The number of guanidine groups is 1. The second-order valence-electron chi connectivity index (χ2n) is 7.33. The number of pyridine rings is 2. The zero-order valence-corrected chi connectivity index (χ0v) is 17.1. The molecule has 1 aliphatic rings. The Morgan fingerprint density at radius 3 is 2.79 bits per heavy atom. The van der Waals surface area contributed by atoms with Crippen molar-refractivity contribution in [3.63, 3.8) is 0 Å². The van der Waals surface area contributed by atoms with E-state index in [0.29, 0.717) is 6.04 Å². The number of aryl methyl sites for hydroxylation is 1. The lowest BCUT2D eigenvalue weighted by Crippen LogP contribution is -2.48. The van der Waals surface area contributed by atoms with Gasteiger partial charge < -0.3 is 10.6 Å². The van der Waals surface area contributed by atoms with Gasteiger partial charge in [0.15, 0.2) is 5.96 Å². The first-order valence-corrected chi connectivity index (χ1v) is 10.3. The lowest BCUT2D eigenvalue weighted by atomic mass is 10.0. The summed E-state index contributed by atoms with van der Waals surface area (Å²) in [7, 11) is 0. The first-order chi connectivity index (χ1) is 13.7. The number of hydrogen-bond donors (Lipinski definition) is 2. The van der Waals surface area contributed by atoms with E-state index in [0.717, 1.165) is 63.6 Å². The molecular weight excluding hydrogens is 348 g/mol. The fourth-order valence-electron chi connectivity index (χ4n) is 3.54. The van der Waals surface area contributed by atoms with E-state index in [1.165, 1.54) is 11.1 Å². The molecule has 0 amide bonds. The minimum Gasteiger partial charge on any atom is -0.357 e. The Kier molecular flexibility index (Phi) is 7.79. The van der Waals surface area contributed by atoms with Gasteiger partial charge in [0.2, 0.25) is 0 Å². The van der Waals surface area contributed by atoms with Gasteiger partial charge in [0.25, 0.3) is 0 Å². The maximum Gasteiger partial charge on any atom is 0.191 e. The first kappa shape index (κ1) is 20.3. The third-order valence-electron chi connectivity index (χ3n) is 5.17. The number of hydrogen-bond acceptors (Lipinski definition) is 4. The van der Waals surface area contributed by atoms with Crippen molar-refractivity contribution >= 4 is 5.96 Å². The maximum atomic E-state index is 4.78. The molecule has 28 heavy (non-hydrogen) atoms. The van der Waals surface area contributed by atoms with E-state index in [1.54, 1.807) is 0 Å². The normalized spacial score (nSPS) is 16.1. The van der Waals surface area contributed by atoms with Gasteiger partial charge >= 0.3 is 0 Å². The molecule has 0 aromatic carbocycles.